The summed E-state index contributed by atoms with van der Waals surface area (Å²) < 4.78 is 10.5. The van der Waals surface area contributed by atoms with Gasteiger partial charge >= 0.3 is 0 Å². The number of nitrogens with one attached hydrogen (secondary N) is 1. The van der Waals surface area contributed by atoms with Gasteiger partial charge in [-0.3, -0.25) is 4.79 Å². The summed E-state index contributed by atoms with van der Waals surface area (Å²) in [6.45, 7) is 13.4. The van der Waals surface area contributed by atoms with E-state index in [0.29, 0.717) is 6.42 Å². The normalized spacial score (nSPS) is 30.3. The fourth-order valence-electron chi connectivity index (χ4n) is 3.19. The van der Waals surface area contributed by atoms with Gasteiger partial charge in [0.25, 0.3) is 0 Å². The summed E-state index contributed by atoms with van der Waals surface area (Å²) in [5.41, 5.74) is -0.695. The van der Waals surface area contributed by atoms with Crippen molar-refractivity contribution < 1.29 is 29.6 Å². The van der Waals surface area contributed by atoms with Gasteiger partial charge in [-0.15, -0.1) is 0 Å². The van der Waals surface area contributed by atoms with Gasteiger partial charge in [-0.25, -0.2) is 0 Å². The third-order valence-corrected chi connectivity index (χ3v) is 4.00. The summed E-state index contributed by atoms with van der Waals surface area (Å²) in [5.74, 6) is -0.253. The van der Waals surface area contributed by atoms with E-state index in [1.165, 1.54) is 7.11 Å². The average molecular weight is 363 g/mol. The third kappa shape index (κ3) is 6.83. The molecule has 1 aliphatic heterocycles. The molecule has 1 fully saturated rings. The van der Waals surface area contributed by atoms with E-state index in [2.05, 4.69) is 5.32 Å². The van der Waals surface area contributed by atoms with E-state index in [4.69, 9.17) is 9.47 Å². The zero-order valence-electron chi connectivity index (χ0n) is 16.9. The Balaban J connectivity index is 0.00000277. The first-order valence-electron chi connectivity index (χ1n) is 8.89. The molecule has 4 N–H and O–H groups in total. The van der Waals surface area contributed by atoms with Crippen molar-refractivity contribution in [2.24, 2.45) is 10.8 Å². The lowest BCUT2D eigenvalue weighted by atomic mass is 9.75. The summed E-state index contributed by atoms with van der Waals surface area (Å²) in [6.07, 6.45) is -3.84. The van der Waals surface area contributed by atoms with Crippen LogP contribution in [-0.4, -0.2) is 65.6 Å². The van der Waals surface area contributed by atoms with Crippen LogP contribution in [0.3, 0.4) is 0 Å². The predicted molar refractivity (Wildman–Crippen MR) is 95.9 cm³/mol. The number of carbonyl (C=O) groups is 1. The number of aliphatic hydroxyl groups is 3. The van der Waals surface area contributed by atoms with Crippen LogP contribution in [0.1, 0.15) is 54.9 Å². The van der Waals surface area contributed by atoms with Crippen molar-refractivity contribution in [2.75, 3.05) is 13.7 Å². The summed E-state index contributed by atoms with van der Waals surface area (Å²) in [4.78, 5) is 12.6. The van der Waals surface area contributed by atoms with Crippen LogP contribution < -0.4 is 5.32 Å². The van der Waals surface area contributed by atoms with Crippen LogP contribution in [0, 0.1) is 10.8 Å². The van der Waals surface area contributed by atoms with Crippen molar-refractivity contribution in [3.8, 4) is 0 Å². The first-order chi connectivity index (χ1) is 11.4. The molecule has 0 aromatic heterocycles. The smallest absolute Gasteiger partial charge is 0.226 e. The van der Waals surface area contributed by atoms with Crippen LogP contribution in [0.5, 0.6) is 0 Å². The molecule has 1 rings (SSSR count). The lowest BCUT2D eigenvalue weighted by molar-refractivity contribution is -0.263. The van der Waals surface area contributed by atoms with Gasteiger partial charge in [-0.2, -0.15) is 0 Å². The molecule has 7 nitrogen and oxygen atoms in total. The van der Waals surface area contributed by atoms with E-state index >= 15 is 0 Å². The van der Waals surface area contributed by atoms with Gasteiger partial charge in [0, 0.05) is 12.5 Å². The molecule has 0 spiro atoms. The molecule has 3 unspecified atom stereocenters. The van der Waals surface area contributed by atoms with Gasteiger partial charge in [0.2, 0.25) is 5.91 Å². The number of aliphatic hydroxyl groups excluding tert-OH is 3. The average Bonchev–Trinajstić information content (AvgIpc) is 2.51. The molecule has 25 heavy (non-hydrogen) atoms. The molecule has 0 saturated carbocycles. The van der Waals surface area contributed by atoms with Crippen molar-refractivity contribution in [3.05, 3.63) is 0 Å². The number of carbonyl (C=O) groups excluding carboxylic acids is 1. The maximum atomic E-state index is 12.6. The summed E-state index contributed by atoms with van der Waals surface area (Å²) in [5, 5.41) is 32.1. The van der Waals surface area contributed by atoms with Crippen LogP contribution in [0.15, 0.2) is 0 Å². The van der Waals surface area contributed by atoms with Gasteiger partial charge in [-0.1, -0.05) is 48.5 Å². The maximum Gasteiger partial charge on any atom is 0.226 e. The van der Waals surface area contributed by atoms with E-state index in [-0.39, 0.29) is 11.3 Å². The summed E-state index contributed by atoms with van der Waals surface area (Å²) >= 11 is 0. The summed E-state index contributed by atoms with van der Waals surface area (Å²) in [7, 11) is 1.38. The Morgan fingerprint density at radius 2 is 1.64 bits per heavy atom. The second-order valence-corrected chi connectivity index (χ2v) is 8.06. The lowest BCUT2D eigenvalue weighted by Crippen LogP contribution is -2.65. The number of methoxy groups -OCH3 is 1. The van der Waals surface area contributed by atoms with E-state index < -0.39 is 42.7 Å². The molecule has 1 saturated heterocycles. The van der Waals surface area contributed by atoms with Crippen LogP contribution in [0.2, 0.25) is 0 Å². The molecular formula is C18H37NO6. The highest BCUT2D eigenvalue weighted by atomic mass is 16.7. The van der Waals surface area contributed by atoms with Crippen LogP contribution in [0.25, 0.3) is 0 Å². The van der Waals surface area contributed by atoms with Crippen LogP contribution >= 0.6 is 0 Å². The highest BCUT2D eigenvalue weighted by Gasteiger charge is 2.46. The molecule has 0 aliphatic carbocycles. The number of hydrogen-bond donors (Lipinski definition) is 4. The zero-order valence-corrected chi connectivity index (χ0v) is 16.9. The van der Waals surface area contributed by atoms with Crippen molar-refractivity contribution in [1.82, 2.24) is 5.32 Å². The number of rotatable bonds is 5. The minimum atomic E-state index is -1.30. The number of amides is 1. The van der Waals surface area contributed by atoms with Gasteiger partial charge in [0.1, 0.15) is 24.4 Å². The molecule has 0 aromatic rings. The van der Waals surface area contributed by atoms with Crippen molar-refractivity contribution in [3.63, 3.8) is 0 Å². The van der Waals surface area contributed by atoms with Crippen molar-refractivity contribution >= 4 is 5.91 Å². The van der Waals surface area contributed by atoms with E-state index in [0.717, 1.165) is 0 Å². The maximum absolute atomic E-state index is 12.6. The largest absolute Gasteiger partial charge is 0.394 e. The third-order valence-electron chi connectivity index (χ3n) is 4.00. The Kier molecular flexibility index (Phi) is 9.54. The van der Waals surface area contributed by atoms with Gasteiger partial charge in [0.15, 0.2) is 6.29 Å². The molecule has 1 aliphatic rings. The van der Waals surface area contributed by atoms with Gasteiger partial charge in [-0.05, 0) is 11.8 Å². The Morgan fingerprint density at radius 3 is 2.04 bits per heavy atom. The Morgan fingerprint density at radius 1 is 1.12 bits per heavy atom. The monoisotopic (exact) mass is 363 g/mol. The molecule has 7 heteroatoms. The second kappa shape index (κ2) is 9.83. The Bertz CT molecular complexity index is 405. The standard InChI is InChI=1S/C16H31NO6.C2H6/c1-15(2,3)8-16(4,5)14(21)17-10-12(20)11(19)9(7-18)23-13(10)22-6;1-2/h9-13,18-20H,7-8H2,1-6H3,(H,17,21);1-2H3/t9?,10-,11-,12?,13?;/m1./s1. The summed E-state index contributed by atoms with van der Waals surface area (Å²) in [6, 6.07) is -0.912. The first kappa shape index (κ1) is 24.3. The highest BCUT2D eigenvalue weighted by molar-refractivity contribution is 5.82. The van der Waals surface area contributed by atoms with E-state index in [9.17, 15) is 20.1 Å². The molecule has 0 radical (unpaired) electrons. The molecule has 1 heterocycles. The van der Waals surface area contributed by atoms with E-state index in [1.807, 2.05) is 48.5 Å². The number of ether oxygens (including phenoxy) is 2. The Hall–Kier alpha value is -0.730. The second-order valence-electron chi connectivity index (χ2n) is 8.06. The fraction of sp³-hybridized carbons (Fsp3) is 0.944. The molecule has 5 atom stereocenters. The molecule has 1 amide bonds. The van der Waals surface area contributed by atoms with Gasteiger partial charge < -0.3 is 30.1 Å². The van der Waals surface area contributed by atoms with Crippen LogP contribution in [0.4, 0.5) is 0 Å². The highest BCUT2D eigenvalue weighted by Crippen LogP contribution is 2.34. The minimum absolute atomic E-state index is 0.0370. The predicted octanol–water partition coefficient (Wildman–Crippen LogP) is 1.05. The number of hydrogen-bond acceptors (Lipinski definition) is 6. The van der Waals surface area contributed by atoms with Crippen molar-refractivity contribution in [2.45, 2.75) is 85.5 Å². The SMILES string of the molecule is CC.COC1OC(CO)[C@@H](O)C(O)[C@H]1NC(=O)C(C)(C)CC(C)(C)C. The molecular weight excluding hydrogens is 326 g/mol. The molecule has 0 aromatic carbocycles. The lowest BCUT2D eigenvalue weighted by Gasteiger charge is -2.43. The quantitative estimate of drug-likeness (QED) is 0.581. The van der Waals surface area contributed by atoms with Gasteiger partial charge in [0.05, 0.1) is 6.61 Å². The zero-order chi connectivity index (χ0) is 20.0. The topological polar surface area (TPSA) is 108 Å². The Labute approximate surface area is 151 Å². The van der Waals surface area contributed by atoms with Crippen LogP contribution in [-0.2, 0) is 14.3 Å². The first-order valence-corrected chi connectivity index (χ1v) is 8.89. The fourth-order valence-corrected chi connectivity index (χ4v) is 3.19. The van der Waals surface area contributed by atoms with Crippen molar-refractivity contribution in [1.29, 1.82) is 0 Å². The van der Waals surface area contributed by atoms with E-state index in [1.54, 1.807) is 0 Å². The molecule has 150 valence electrons. The molecule has 0 bridgehead atoms. The minimum Gasteiger partial charge on any atom is -0.394 e.